The Morgan fingerprint density at radius 1 is 1.41 bits per heavy atom. The normalized spacial score (nSPS) is 12.9. The Morgan fingerprint density at radius 2 is 2.18 bits per heavy atom. The number of rotatable bonds is 4. The van der Waals surface area contributed by atoms with E-state index in [1.807, 2.05) is 12.1 Å². The van der Waals surface area contributed by atoms with Gasteiger partial charge < -0.3 is 14.9 Å². The minimum Gasteiger partial charge on any atom is -0.462 e. The number of nitrogens with two attached hydrogens (primary N) is 1. The van der Waals surface area contributed by atoms with Gasteiger partial charge in [-0.25, -0.2) is 0 Å². The molecule has 2 heterocycles. The van der Waals surface area contributed by atoms with Crippen molar-refractivity contribution < 1.29 is 9.15 Å². The molecule has 2 rings (SSSR count). The summed E-state index contributed by atoms with van der Waals surface area (Å²) in [7, 11) is 1.65. The summed E-state index contributed by atoms with van der Waals surface area (Å²) in [6.45, 7) is 4.68. The first-order chi connectivity index (χ1) is 8.11. The van der Waals surface area contributed by atoms with Crippen LogP contribution in [0.2, 0.25) is 0 Å². The topological polar surface area (TPSA) is 48.4 Å². The van der Waals surface area contributed by atoms with Gasteiger partial charge in [0, 0.05) is 16.9 Å². The van der Waals surface area contributed by atoms with E-state index < -0.39 is 0 Å². The highest BCUT2D eigenvalue weighted by Crippen LogP contribution is 2.30. The third-order valence-corrected chi connectivity index (χ3v) is 4.00. The molecule has 1 atom stereocenters. The standard InChI is InChI=1S/C13H17NO2S/c1-8-6-12(17-9(8)2)13(14)11-5-4-10(16-11)7-15-3/h4-6,13H,7,14H2,1-3H3. The first-order valence-corrected chi connectivity index (χ1v) is 6.33. The molecular formula is C13H17NO2S. The first-order valence-electron chi connectivity index (χ1n) is 5.52. The number of hydrogen-bond acceptors (Lipinski definition) is 4. The Hall–Kier alpha value is -1.10. The molecule has 0 fully saturated rings. The molecule has 4 heteroatoms. The fourth-order valence-corrected chi connectivity index (χ4v) is 2.73. The van der Waals surface area contributed by atoms with Crippen LogP contribution in [0.15, 0.2) is 22.6 Å². The molecule has 0 spiro atoms. The lowest BCUT2D eigenvalue weighted by Gasteiger charge is -2.05. The molecule has 3 nitrogen and oxygen atoms in total. The summed E-state index contributed by atoms with van der Waals surface area (Å²) in [5.74, 6) is 1.60. The van der Waals surface area contributed by atoms with Crippen LogP contribution in [0, 0.1) is 13.8 Å². The monoisotopic (exact) mass is 251 g/mol. The Bertz CT molecular complexity index is 482. The van der Waals surface area contributed by atoms with E-state index in [1.54, 1.807) is 18.4 Å². The number of methoxy groups -OCH3 is 1. The van der Waals surface area contributed by atoms with Crippen LogP contribution in [0.25, 0.3) is 0 Å². The molecule has 1 unspecified atom stereocenters. The van der Waals surface area contributed by atoms with Crippen LogP contribution < -0.4 is 5.73 Å². The second-order valence-electron chi connectivity index (χ2n) is 4.10. The van der Waals surface area contributed by atoms with E-state index in [-0.39, 0.29) is 6.04 Å². The van der Waals surface area contributed by atoms with Gasteiger partial charge in [-0.1, -0.05) is 0 Å². The molecule has 2 N–H and O–H groups in total. The molecule has 0 amide bonds. The summed E-state index contributed by atoms with van der Waals surface area (Å²) in [4.78, 5) is 2.44. The quantitative estimate of drug-likeness (QED) is 0.908. The molecule has 0 bridgehead atoms. The van der Waals surface area contributed by atoms with Crippen LogP contribution in [-0.4, -0.2) is 7.11 Å². The summed E-state index contributed by atoms with van der Waals surface area (Å²) < 4.78 is 10.7. The number of ether oxygens (including phenoxy) is 1. The Kier molecular flexibility index (Phi) is 3.66. The third-order valence-electron chi connectivity index (χ3n) is 2.77. The molecule has 0 aromatic carbocycles. The summed E-state index contributed by atoms with van der Waals surface area (Å²) in [6.07, 6.45) is 0. The lowest BCUT2D eigenvalue weighted by Crippen LogP contribution is -2.08. The molecule has 0 saturated carbocycles. The highest BCUT2D eigenvalue weighted by atomic mass is 32.1. The average molecular weight is 251 g/mol. The van der Waals surface area contributed by atoms with Crippen molar-refractivity contribution >= 4 is 11.3 Å². The van der Waals surface area contributed by atoms with Crippen LogP contribution in [0.5, 0.6) is 0 Å². The van der Waals surface area contributed by atoms with Crippen molar-refractivity contribution in [3.05, 3.63) is 45.0 Å². The number of furan rings is 1. The third kappa shape index (κ3) is 2.60. The maximum atomic E-state index is 6.18. The summed E-state index contributed by atoms with van der Waals surface area (Å²) in [6, 6.07) is 5.77. The molecule has 0 aliphatic heterocycles. The largest absolute Gasteiger partial charge is 0.462 e. The van der Waals surface area contributed by atoms with E-state index in [0.717, 1.165) is 16.4 Å². The molecule has 2 aromatic rings. The second-order valence-corrected chi connectivity index (χ2v) is 5.39. The summed E-state index contributed by atoms with van der Waals surface area (Å²) in [5.41, 5.74) is 7.47. The number of aryl methyl sites for hydroxylation is 2. The SMILES string of the molecule is COCc1ccc(C(N)c2cc(C)c(C)s2)o1. The number of thiophene rings is 1. The zero-order valence-corrected chi connectivity index (χ0v) is 11.1. The predicted octanol–water partition coefficient (Wildman–Crippen LogP) is 3.15. The smallest absolute Gasteiger partial charge is 0.129 e. The molecule has 2 aromatic heterocycles. The Labute approximate surface area is 105 Å². The first kappa shape index (κ1) is 12.4. The fourth-order valence-electron chi connectivity index (χ4n) is 1.68. The zero-order valence-electron chi connectivity index (χ0n) is 10.3. The maximum absolute atomic E-state index is 6.18. The van der Waals surface area contributed by atoms with E-state index in [2.05, 4.69) is 19.9 Å². The van der Waals surface area contributed by atoms with Gasteiger partial charge in [0.15, 0.2) is 0 Å². The fraction of sp³-hybridized carbons (Fsp3) is 0.385. The molecule has 0 aliphatic rings. The van der Waals surface area contributed by atoms with Crippen LogP contribution in [0.4, 0.5) is 0 Å². The minimum absolute atomic E-state index is 0.182. The van der Waals surface area contributed by atoms with Crippen molar-refractivity contribution in [2.24, 2.45) is 5.73 Å². The van der Waals surface area contributed by atoms with Crippen LogP contribution in [0.3, 0.4) is 0 Å². The van der Waals surface area contributed by atoms with Gasteiger partial charge in [0.25, 0.3) is 0 Å². The van der Waals surface area contributed by atoms with Gasteiger partial charge in [0.05, 0.1) is 6.04 Å². The second kappa shape index (κ2) is 5.04. The lowest BCUT2D eigenvalue weighted by molar-refractivity contribution is 0.162. The van der Waals surface area contributed by atoms with Crippen LogP contribution in [-0.2, 0) is 11.3 Å². The van der Waals surface area contributed by atoms with E-state index in [4.69, 9.17) is 14.9 Å². The van der Waals surface area contributed by atoms with Crippen LogP contribution in [0.1, 0.15) is 32.9 Å². The zero-order chi connectivity index (χ0) is 12.4. The Morgan fingerprint density at radius 3 is 2.76 bits per heavy atom. The van der Waals surface area contributed by atoms with E-state index in [9.17, 15) is 0 Å². The van der Waals surface area contributed by atoms with Gasteiger partial charge in [-0.2, -0.15) is 0 Å². The lowest BCUT2D eigenvalue weighted by atomic mass is 10.2. The highest BCUT2D eigenvalue weighted by Gasteiger charge is 2.16. The summed E-state index contributed by atoms with van der Waals surface area (Å²) in [5, 5.41) is 0. The van der Waals surface area contributed by atoms with E-state index >= 15 is 0 Å². The molecule has 0 aliphatic carbocycles. The van der Waals surface area contributed by atoms with Gasteiger partial charge in [0.1, 0.15) is 18.1 Å². The maximum Gasteiger partial charge on any atom is 0.129 e. The van der Waals surface area contributed by atoms with Gasteiger partial charge in [0.2, 0.25) is 0 Å². The van der Waals surface area contributed by atoms with Crippen molar-refractivity contribution in [2.45, 2.75) is 26.5 Å². The molecule has 17 heavy (non-hydrogen) atoms. The van der Waals surface area contributed by atoms with Gasteiger partial charge in [-0.15, -0.1) is 11.3 Å². The Balaban J connectivity index is 2.20. The highest BCUT2D eigenvalue weighted by molar-refractivity contribution is 7.12. The van der Waals surface area contributed by atoms with E-state index in [1.165, 1.54) is 10.4 Å². The molecule has 0 radical (unpaired) electrons. The van der Waals surface area contributed by atoms with E-state index in [0.29, 0.717) is 6.61 Å². The van der Waals surface area contributed by atoms with Gasteiger partial charge in [-0.3, -0.25) is 0 Å². The van der Waals surface area contributed by atoms with Crippen molar-refractivity contribution in [1.82, 2.24) is 0 Å². The van der Waals surface area contributed by atoms with Gasteiger partial charge in [-0.05, 0) is 37.6 Å². The van der Waals surface area contributed by atoms with Crippen molar-refractivity contribution in [1.29, 1.82) is 0 Å². The summed E-state index contributed by atoms with van der Waals surface area (Å²) >= 11 is 1.72. The minimum atomic E-state index is -0.182. The van der Waals surface area contributed by atoms with Crippen LogP contribution >= 0.6 is 11.3 Å². The molecular weight excluding hydrogens is 234 g/mol. The number of hydrogen-bond donors (Lipinski definition) is 1. The van der Waals surface area contributed by atoms with Crippen molar-refractivity contribution in [3.63, 3.8) is 0 Å². The van der Waals surface area contributed by atoms with Crippen molar-refractivity contribution in [3.8, 4) is 0 Å². The van der Waals surface area contributed by atoms with Gasteiger partial charge >= 0.3 is 0 Å². The average Bonchev–Trinajstić information content (AvgIpc) is 2.87. The molecule has 92 valence electrons. The van der Waals surface area contributed by atoms with Crippen molar-refractivity contribution in [2.75, 3.05) is 7.11 Å². The molecule has 0 saturated heterocycles. The predicted molar refractivity (Wildman–Crippen MR) is 69.2 cm³/mol.